The molecule has 5 aromatic rings. The van der Waals surface area contributed by atoms with Crippen LogP contribution in [0, 0.1) is 6.92 Å². The number of phenolic OH excluding ortho intramolecular Hbond substituents is 1. The number of halogens is 1. The minimum Gasteiger partial charge on any atom is -0.507 e. The Balaban J connectivity index is 1.32. The molecule has 4 aromatic carbocycles. The van der Waals surface area contributed by atoms with Crippen LogP contribution in [0.3, 0.4) is 0 Å². The fourth-order valence-electron chi connectivity index (χ4n) is 4.21. The molecule has 0 aliphatic rings. The lowest BCUT2D eigenvalue weighted by Crippen LogP contribution is -2.27. The van der Waals surface area contributed by atoms with Crippen LogP contribution < -0.4 is 10.7 Å². The fourth-order valence-corrected chi connectivity index (χ4v) is 5.32. The molecule has 3 N–H and O–H groups in total. The van der Waals surface area contributed by atoms with Crippen LogP contribution in [0.15, 0.2) is 95.2 Å². The number of aromatic hydroxyl groups is 1. The third-order valence-electron chi connectivity index (χ3n) is 6.31. The number of para-hydroxylation sites is 1. The number of hydrogen-bond donors (Lipinski definition) is 3. The van der Waals surface area contributed by atoms with Gasteiger partial charge in [0.2, 0.25) is 0 Å². The number of amides is 1. The summed E-state index contributed by atoms with van der Waals surface area (Å²) in [6, 6.07) is 26.5. The van der Waals surface area contributed by atoms with Crippen molar-refractivity contribution in [3.8, 4) is 11.4 Å². The van der Waals surface area contributed by atoms with Crippen molar-refractivity contribution in [3.05, 3.63) is 107 Å². The zero-order valence-corrected chi connectivity index (χ0v) is 23.4. The number of phenols is 1. The van der Waals surface area contributed by atoms with E-state index < -0.39 is 5.25 Å². The number of nitrogens with zero attached hydrogens (tertiary/aromatic N) is 4. The number of benzene rings is 4. The number of rotatable bonds is 9. The quantitative estimate of drug-likeness (QED) is 0.109. The number of thioether (sulfide) groups is 1. The highest BCUT2D eigenvalue weighted by Crippen LogP contribution is 2.28. The van der Waals surface area contributed by atoms with E-state index in [0.29, 0.717) is 28.1 Å². The van der Waals surface area contributed by atoms with E-state index >= 15 is 0 Å². The van der Waals surface area contributed by atoms with Gasteiger partial charge >= 0.3 is 0 Å². The number of anilines is 1. The van der Waals surface area contributed by atoms with Gasteiger partial charge in [-0.05, 0) is 66.6 Å². The van der Waals surface area contributed by atoms with Crippen molar-refractivity contribution in [2.24, 2.45) is 5.10 Å². The van der Waals surface area contributed by atoms with Crippen LogP contribution in [0.2, 0.25) is 5.02 Å². The highest BCUT2D eigenvalue weighted by atomic mass is 35.5. The predicted molar refractivity (Wildman–Crippen MR) is 162 cm³/mol. The second-order valence-electron chi connectivity index (χ2n) is 9.10. The van der Waals surface area contributed by atoms with Crippen molar-refractivity contribution in [3.63, 3.8) is 0 Å². The Hall–Kier alpha value is -4.34. The van der Waals surface area contributed by atoms with Crippen LogP contribution in [0.4, 0.5) is 5.69 Å². The van der Waals surface area contributed by atoms with Gasteiger partial charge in [-0.2, -0.15) is 5.10 Å². The lowest BCUT2D eigenvalue weighted by molar-refractivity contribution is -0.120. The summed E-state index contributed by atoms with van der Waals surface area (Å²) in [5, 5.41) is 29.2. The maximum absolute atomic E-state index is 12.9. The first kappa shape index (κ1) is 27.2. The van der Waals surface area contributed by atoms with E-state index in [1.807, 2.05) is 90.4 Å². The largest absolute Gasteiger partial charge is 0.507 e. The number of carbonyl (C=O) groups excluding carboxylic acids is 1. The van der Waals surface area contributed by atoms with Gasteiger partial charge in [-0.25, -0.2) is 5.43 Å². The molecule has 10 heteroatoms. The summed E-state index contributed by atoms with van der Waals surface area (Å²) in [5.74, 6) is 0.477. The number of aromatic nitrogens is 3. The van der Waals surface area contributed by atoms with Crippen LogP contribution in [-0.2, 0) is 11.3 Å². The molecular weight excluding hydrogens is 544 g/mol. The Morgan fingerprint density at radius 2 is 1.85 bits per heavy atom. The van der Waals surface area contributed by atoms with Gasteiger partial charge in [-0.15, -0.1) is 10.2 Å². The number of fused-ring (bicyclic) bond motifs is 1. The molecule has 202 valence electrons. The standard InChI is InChI=1S/C30H27ClN6O2S/c1-19-16-22(31)13-14-26(19)32-18-28-34-36-30(37(28)23-9-4-3-5-10-23)40-20(2)29(39)35-33-17-25-24-11-7-6-8-21(24)12-15-27(25)38/h3-17,20,32,38H,18H2,1-2H3,(H,35,39)/b33-17-/t20-/m0/s1. The first-order valence-electron chi connectivity index (χ1n) is 12.6. The lowest BCUT2D eigenvalue weighted by Gasteiger charge is -2.14. The van der Waals surface area contributed by atoms with Gasteiger partial charge in [-0.1, -0.05) is 71.9 Å². The summed E-state index contributed by atoms with van der Waals surface area (Å²) in [5.41, 5.74) is 5.98. The van der Waals surface area contributed by atoms with Gasteiger partial charge in [0.1, 0.15) is 5.75 Å². The minimum atomic E-state index is -0.524. The van der Waals surface area contributed by atoms with Gasteiger partial charge < -0.3 is 10.4 Å². The molecule has 0 bridgehead atoms. The van der Waals surface area contributed by atoms with Crippen molar-refractivity contribution >= 4 is 51.9 Å². The molecule has 0 aliphatic carbocycles. The molecule has 0 radical (unpaired) electrons. The Kier molecular flexibility index (Phi) is 8.33. The first-order chi connectivity index (χ1) is 19.4. The van der Waals surface area contributed by atoms with Gasteiger partial charge in [0.15, 0.2) is 11.0 Å². The van der Waals surface area contributed by atoms with E-state index in [0.717, 1.165) is 27.7 Å². The van der Waals surface area contributed by atoms with E-state index in [9.17, 15) is 9.90 Å². The lowest BCUT2D eigenvalue weighted by atomic mass is 10.0. The van der Waals surface area contributed by atoms with Crippen molar-refractivity contribution in [1.82, 2.24) is 20.2 Å². The number of hydrogen-bond acceptors (Lipinski definition) is 7. The smallest absolute Gasteiger partial charge is 0.253 e. The third-order valence-corrected chi connectivity index (χ3v) is 7.59. The van der Waals surface area contributed by atoms with Crippen molar-refractivity contribution < 1.29 is 9.90 Å². The maximum atomic E-state index is 12.9. The summed E-state index contributed by atoms with van der Waals surface area (Å²) in [6.45, 7) is 4.19. The van der Waals surface area contributed by atoms with Crippen LogP contribution >= 0.6 is 23.4 Å². The van der Waals surface area contributed by atoms with E-state index in [4.69, 9.17) is 11.6 Å². The minimum absolute atomic E-state index is 0.0880. The van der Waals surface area contributed by atoms with E-state index in [1.54, 1.807) is 13.0 Å². The Labute approximate surface area is 241 Å². The van der Waals surface area contributed by atoms with Gasteiger partial charge in [0, 0.05) is 22.0 Å². The van der Waals surface area contributed by atoms with Crippen LogP contribution in [0.25, 0.3) is 16.5 Å². The van der Waals surface area contributed by atoms with Crippen molar-refractivity contribution in [2.45, 2.75) is 30.8 Å². The SMILES string of the molecule is Cc1cc(Cl)ccc1NCc1nnc(S[C@@H](C)C(=O)N/N=C\c2c(O)ccc3ccccc23)n1-c1ccccc1. The second-order valence-corrected chi connectivity index (χ2v) is 10.8. The van der Waals surface area contributed by atoms with Crippen molar-refractivity contribution in [2.75, 3.05) is 5.32 Å². The summed E-state index contributed by atoms with van der Waals surface area (Å²) in [4.78, 5) is 12.9. The molecular formula is C30H27ClN6O2S. The number of aryl methyl sites for hydroxylation is 1. The molecule has 0 spiro atoms. The molecule has 1 aromatic heterocycles. The van der Waals surface area contributed by atoms with Gasteiger partial charge in [-0.3, -0.25) is 9.36 Å². The summed E-state index contributed by atoms with van der Waals surface area (Å²) >= 11 is 7.38. The monoisotopic (exact) mass is 570 g/mol. The van der Waals surface area contributed by atoms with E-state index in [2.05, 4.69) is 26.0 Å². The van der Waals surface area contributed by atoms with Gasteiger partial charge in [0.25, 0.3) is 5.91 Å². The summed E-state index contributed by atoms with van der Waals surface area (Å²) in [7, 11) is 0. The molecule has 8 nitrogen and oxygen atoms in total. The van der Waals surface area contributed by atoms with E-state index in [1.165, 1.54) is 18.0 Å². The molecule has 1 heterocycles. The Bertz CT molecular complexity index is 1690. The Morgan fingerprint density at radius 1 is 1.07 bits per heavy atom. The molecule has 40 heavy (non-hydrogen) atoms. The molecule has 0 unspecified atom stereocenters. The average molecular weight is 571 g/mol. The third kappa shape index (κ3) is 6.11. The number of hydrazone groups is 1. The predicted octanol–water partition coefficient (Wildman–Crippen LogP) is 6.33. The maximum Gasteiger partial charge on any atom is 0.253 e. The highest BCUT2D eigenvalue weighted by molar-refractivity contribution is 8.00. The zero-order chi connectivity index (χ0) is 28.1. The number of nitrogens with one attached hydrogen (secondary N) is 2. The molecule has 0 saturated heterocycles. The van der Waals surface area contributed by atoms with Crippen LogP contribution in [0.5, 0.6) is 5.75 Å². The fraction of sp³-hybridized carbons (Fsp3) is 0.133. The van der Waals surface area contributed by atoms with E-state index in [-0.39, 0.29) is 11.7 Å². The topological polar surface area (TPSA) is 104 Å². The van der Waals surface area contributed by atoms with Crippen LogP contribution in [-0.4, -0.2) is 37.2 Å². The molecule has 5 rings (SSSR count). The molecule has 0 saturated carbocycles. The zero-order valence-electron chi connectivity index (χ0n) is 21.9. The van der Waals surface area contributed by atoms with Crippen molar-refractivity contribution in [1.29, 1.82) is 0 Å². The van der Waals surface area contributed by atoms with Gasteiger partial charge in [0.05, 0.1) is 18.0 Å². The highest BCUT2D eigenvalue weighted by Gasteiger charge is 2.21. The molecule has 0 fully saturated rings. The van der Waals surface area contributed by atoms with Crippen LogP contribution in [0.1, 0.15) is 23.9 Å². The molecule has 0 aliphatic heterocycles. The second kappa shape index (κ2) is 12.2. The molecule has 1 amide bonds. The summed E-state index contributed by atoms with van der Waals surface area (Å²) < 4.78 is 1.93. The normalized spacial score (nSPS) is 12.1. The number of carbonyl (C=O) groups is 1. The first-order valence-corrected chi connectivity index (χ1v) is 13.9. The average Bonchev–Trinajstić information content (AvgIpc) is 3.36. The molecule has 1 atom stereocenters. The summed E-state index contributed by atoms with van der Waals surface area (Å²) in [6.07, 6.45) is 1.46. The Morgan fingerprint density at radius 3 is 2.65 bits per heavy atom.